The maximum absolute atomic E-state index is 12.8. The van der Waals surface area contributed by atoms with Gasteiger partial charge in [0.2, 0.25) is 15.9 Å². The SMILES string of the molecule is O=C(NC1CCN(S(=O)(=O)c2cc(Cl)ccc2Cl)CC1)C1CCCCC1. The highest BCUT2D eigenvalue weighted by atomic mass is 35.5. The lowest BCUT2D eigenvalue weighted by molar-refractivity contribution is -0.126. The Morgan fingerprint density at radius 2 is 1.69 bits per heavy atom. The van der Waals surface area contributed by atoms with Crippen LogP contribution in [0, 0.1) is 5.92 Å². The molecule has 1 heterocycles. The van der Waals surface area contributed by atoms with E-state index < -0.39 is 10.0 Å². The molecule has 1 N–H and O–H groups in total. The molecule has 3 rings (SSSR count). The number of sulfonamides is 1. The molecule has 0 unspecified atom stereocenters. The molecular formula is C18H24Cl2N2O3S. The van der Waals surface area contributed by atoms with Crippen LogP contribution in [0.1, 0.15) is 44.9 Å². The fraction of sp³-hybridized carbons (Fsp3) is 0.611. The Bertz CT molecular complexity index is 756. The topological polar surface area (TPSA) is 66.5 Å². The van der Waals surface area contributed by atoms with Gasteiger partial charge in [-0.1, -0.05) is 42.5 Å². The first-order valence-electron chi connectivity index (χ1n) is 9.13. The van der Waals surface area contributed by atoms with Crippen LogP contribution in [0.5, 0.6) is 0 Å². The largest absolute Gasteiger partial charge is 0.353 e. The van der Waals surface area contributed by atoms with Crippen molar-refractivity contribution in [1.82, 2.24) is 9.62 Å². The van der Waals surface area contributed by atoms with E-state index in [1.54, 1.807) is 6.07 Å². The van der Waals surface area contributed by atoms with Gasteiger partial charge in [-0.3, -0.25) is 4.79 Å². The number of carbonyl (C=O) groups is 1. The quantitative estimate of drug-likeness (QED) is 0.807. The summed E-state index contributed by atoms with van der Waals surface area (Å²) in [6.45, 7) is 0.724. The second-order valence-corrected chi connectivity index (χ2v) is 9.85. The molecule has 5 nitrogen and oxygen atoms in total. The average Bonchev–Trinajstić information content (AvgIpc) is 2.65. The van der Waals surface area contributed by atoms with E-state index in [1.165, 1.54) is 22.9 Å². The van der Waals surface area contributed by atoms with Crippen LogP contribution < -0.4 is 5.32 Å². The zero-order valence-corrected chi connectivity index (χ0v) is 16.9. The van der Waals surface area contributed by atoms with E-state index in [9.17, 15) is 13.2 Å². The number of rotatable bonds is 4. The number of hydrogen-bond donors (Lipinski definition) is 1. The van der Waals surface area contributed by atoms with Gasteiger partial charge in [-0.05, 0) is 43.9 Å². The van der Waals surface area contributed by atoms with Crippen LogP contribution in [0.15, 0.2) is 23.1 Å². The Labute approximate surface area is 165 Å². The van der Waals surface area contributed by atoms with Gasteiger partial charge in [0.25, 0.3) is 0 Å². The number of amides is 1. The minimum Gasteiger partial charge on any atom is -0.353 e. The third-order valence-corrected chi connectivity index (χ3v) is 7.90. The number of benzene rings is 1. The van der Waals surface area contributed by atoms with Crippen molar-refractivity contribution >= 4 is 39.1 Å². The molecule has 8 heteroatoms. The van der Waals surface area contributed by atoms with E-state index in [4.69, 9.17) is 23.2 Å². The minimum atomic E-state index is -3.68. The summed E-state index contributed by atoms with van der Waals surface area (Å²) in [4.78, 5) is 12.4. The number of piperidine rings is 1. The number of nitrogens with one attached hydrogen (secondary N) is 1. The fourth-order valence-electron chi connectivity index (χ4n) is 3.74. The Kier molecular flexibility index (Phi) is 6.49. The summed E-state index contributed by atoms with van der Waals surface area (Å²) in [7, 11) is -3.68. The summed E-state index contributed by atoms with van der Waals surface area (Å²) in [6, 6.07) is 4.48. The maximum atomic E-state index is 12.8. The molecule has 1 saturated heterocycles. The monoisotopic (exact) mass is 418 g/mol. The normalized spacial score (nSPS) is 20.8. The summed E-state index contributed by atoms with van der Waals surface area (Å²) < 4.78 is 27.1. The summed E-state index contributed by atoms with van der Waals surface area (Å²) in [5, 5.41) is 3.62. The molecule has 0 radical (unpaired) electrons. The van der Waals surface area contributed by atoms with Crippen molar-refractivity contribution in [2.45, 2.75) is 55.9 Å². The predicted molar refractivity (Wildman–Crippen MR) is 103 cm³/mol. The van der Waals surface area contributed by atoms with Gasteiger partial charge in [0, 0.05) is 30.1 Å². The second-order valence-electron chi connectivity index (χ2n) is 7.10. The van der Waals surface area contributed by atoms with E-state index in [0.717, 1.165) is 25.7 Å². The second kappa shape index (κ2) is 8.46. The Hall–Kier alpha value is -0.820. The maximum Gasteiger partial charge on any atom is 0.244 e. The van der Waals surface area contributed by atoms with Crippen molar-refractivity contribution in [3.05, 3.63) is 28.2 Å². The lowest BCUT2D eigenvalue weighted by Gasteiger charge is -2.33. The average molecular weight is 419 g/mol. The third-order valence-electron chi connectivity index (χ3n) is 5.29. The standard InChI is InChI=1S/C18H24Cl2N2O3S/c19-14-6-7-16(20)17(12-14)26(24,25)22-10-8-15(9-11-22)21-18(23)13-4-2-1-3-5-13/h6-7,12-13,15H,1-5,8-11H2,(H,21,23). The fourth-order valence-corrected chi connectivity index (χ4v) is 5.95. The Morgan fingerprint density at radius 1 is 1.04 bits per heavy atom. The first kappa shape index (κ1) is 19.9. The number of halogens is 2. The molecule has 1 aliphatic carbocycles. The zero-order valence-electron chi connectivity index (χ0n) is 14.6. The van der Waals surface area contributed by atoms with Gasteiger partial charge in [-0.15, -0.1) is 0 Å². The van der Waals surface area contributed by atoms with E-state index in [1.807, 2.05) is 0 Å². The molecule has 0 spiro atoms. The Balaban J connectivity index is 1.59. The molecule has 0 atom stereocenters. The van der Waals surface area contributed by atoms with Gasteiger partial charge in [0.1, 0.15) is 4.90 Å². The molecule has 0 aromatic heterocycles. The highest BCUT2D eigenvalue weighted by molar-refractivity contribution is 7.89. The third kappa shape index (κ3) is 4.53. The van der Waals surface area contributed by atoms with E-state index in [0.29, 0.717) is 31.0 Å². The molecule has 1 amide bonds. The van der Waals surface area contributed by atoms with Crippen molar-refractivity contribution in [1.29, 1.82) is 0 Å². The van der Waals surface area contributed by atoms with Crippen LogP contribution in [-0.4, -0.2) is 37.8 Å². The first-order chi connectivity index (χ1) is 12.4. The van der Waals surface area contributed by atoms with Gasteiger partial charge in [0.15, 0.2) is 0 Å². The highest BCUT2D eigenvalue weighted by Gasteiger charge is 2.32. The minimum absolute atomic E-state index is 0.0331. The van der Waals surface area contributed by atoms with Crippen molar-refractivity contribution in [3.63, 3.8) is 0 Å². The molecule has 1 aromatic carbocycles. The summed E-state index contributed by atoms with van der Waals surface area (Å²) in [6.07, 6.45) is 6.60. The van der Waals surface area contributed by atoms with Gasteiger partial charge in [-0.2, -0.15) is 4.31 Å². The van der Waals surface area contributed by atoms with Crippen molar-refractivity contribution in [2.75, 3.05) is 13.1 Å². The van der Waals surface area contributed by atoms with Gasteiger partial charge in [0.05, 0.1) is 5.02 Å². The number of carbonyl (C=O) groups excluding carboxylic acids is 1. The molecule has 26 heavy (non-hydrogen) atoms. The van der Waals surface area contributed by atoms with Crippen molar-refractivity contribution in [2.24, 2.45) is 5.92 Å². The van der Waals surface area contributed by atoms with E-state index >= 15 is 0 Å². The predicted octanol–water partition coefficient (Wildman–Crippen LogP) is 3.84. The van der Waals surface area contributed by atoms with Crippen LogP contribution in [0.4, 0.5) is 0 Å². The van der Waals surface area contributed by atoms with E-state index in [2.05, 4.69) is 5.32 Å². The van der Waals surface area contributed by atoms with Crippen molar-refractivity contribution < 1.29 is 13.2 Å². The van der Waals surface area contributed by atoms with Gasteiger partial charge >= 0.3 is 0 Å². The lowest BCUT2D eigenvalue weighted by Crippen LogP contribution is -2.48. The highest BCUT2D eigenvalue weighted by Crippen LogP contribution is 2.29. The summed E-state index contributed by atoms with van der Waals surface area (Å²) >= 11 is 12.0. The number of nitrogens with zero attached hydrogens (tertiary/aromatic N) is 1. The van der Waals surface area contributed by atoms with Crippen LogP contribution in [-0.2, 0) is 14.8 Å². The van der Waals surface area contributed by atoms with Gasteiger partial charge < -0.3 is 5.32 Å². The van der Waals surface area contributed by atoms with Crippen molar-refractivity contribution in [3.8, 4) is 0 Å². The number of hydrogen-bond acceptors (Lipinski definition) is 3. The Morgan fingerprint density at radius 3 is 2.35 bits per heavy atom. The first-order valence-corrected chi connectivity index (χ1v) is 11.3. The molecule has 1 saturated carbocycles. The van der Waals surface area contributed by atoms with Gasteiger partial charge in [-0.25, -0.2) is 8.42 Å². The van der Waals surface area contributed by atoms with Crippen LogP contribution in [0.3, 0.4) is 0 Å². The summed E-state index contributed by atoms with van der Waals surface area (Å²) in [5.74, 6) is 0.250. The van der Waals surface area contributed by atoms with Crippen LogP contribution >= 0.6 is 23.2 Å². The van der Waals surface area contributed by atoms with Crippen LogP contribution in [0.25, 0.3) is 0 Å². The smallest absolute Gasteiger partial charge is 0.244 e. The molecule has 144 valence electrons. The molecule has 1 aliphatic heterocycles. The molecule has 0 bridgehead atoms. The van der Waals surface area contributed by atoms with Crippen LogP contribution in [0.2, 0.25) is 10.0 Å². The molecular weight excluding hydrogens is 395 g/mol. The summed E-state index contributed by atoms with van der Waals surface area (Å²) in [5.41, 5.74) is 0. The van der Waals surface area contributed by atoms with E-state index in [-0.39, 0.29) is 27.8 Å². The molecule has 2 fully saturated rings. The molecule has 2 aliphatic rings. The zero-order chi connectivity index (χ0) is 18.7. The molecule has 1 aromatic rings. The lowest BCUT2D eigenvalue weighted by atomic mass is 9.88.